The Hall–Kier alpha value is -2.08. The van der Waals surface area contributed by atoms with Gasteiger partial charge in [-0.15, -0.1) is 0 Å². The maximum Gasteiger partial charge on any atom is 0.225 e. The van der Waals surface area contributed by atoms with Crippen molar-refractivity contribution in [2.45, 2.75) is 5.54 Å². The highest BCUT2D eigenvalue weighted by molar-refractivity contribution is 8.13. The molecule has 0 saturated carbocycles. The number of hydrogen-bond acceptors (Lipinski definition) is 6. The van der Waals surface area contributed by atoms with Gasteiger partial charge in [0, 0.05) is 30.6 Å². The lowest BCUT2D eigenvalue weighted by molar-refractivity contribution is 0.387. The van der Waals surface area contributed by atoms with Crippen LogP contribution < -0.4 is 10.6 Å². The maximum absolute atomic E-state index is 6.06. The van der Waals surface area contributed by atoms with Gasteiger partial charge < -0.3 is 10.6 Å². The average Bonchev–Trinajstić information content (AvgIpc) is 2.96. The number of benzene rings is 1. The Balaban J connectivity index is 1.77. The topological polar surface area (TPSA) is 67.4 Å². The first-order chi connectivity index (χ1) is 10.8. The quantitative estimate of drug-likeness (QED) is 0.917. The molecule has 0 unspecified atom stereocenters. The third kappa shape index (κ3) is 2.14. The van der Waals surface area contributed by atoms with Crippen LogP contribution in [0.15, 0.2) is 53.8 Å². The summed E-state index contributed by atoms with van der Waals surface area (Å²) >= 11 is 1.65. The first-order valence-corrected chi connectivity index (χ1v) is 8.32. The Labute approximate surface area is 133 Å². The normalized spacial score (nSPS) is 27.4. The molecule has 1 aromatic carbocycles. The van der Waals surface area contributed by atoms with Crippen LogP contribution in [0, 0.1) is 5.92 Å². The second kappa shape index (κ2) is 5.28. The zero-order valence-corrected chi connectivity index (χ0v) is 12.9. The van der Waals surface area contributed by atoms with Crippen LogP contribution in [0.4, 0.5) is 5.95 Å². The number of rotatable bonds is 2. The summed E-state index contributed by atoms with van der Waals surface area (Å²) in [5, 5.41) is 0.677. The second-order valence-electron chi connectivity index (χ2n) is 5.68. The van der Waals surface area contributed by atoms with Crippen molar-refractivity contribution in [2.24, 2.45) is 16.6 Å². The smallest absolute Gasteiger partial charge is 0.225 e. The molecule has 0 radical (unpaired) electrons. The first kappa shape index (κ1) is 13.6. The fraction of sp³-hybridized carbons (Fsp3) is 0.312. The van der Waals surface area contributed by atoms with Crippen LogP contribution in [0.2, 0.25) is 0 Å². The molecule has 1 saturated heterocycles. The Morgan fingerprint density at radius 1 is 1.14 bits per heavy atom. The molecule has 6 heteroatoms. The standard InChI is InChI=1S/C16H17N5S/c17-14-20-16(12-5-2-1-3-6-12)11-21(9-13(16)10-22-14)15-18-7-4-8-19-15/h1-8,13H,9-11H2,(H2,17,20)/t13-,16+/m0/s1. The molecule has 0 amide bonds. The highest BCUT2D eigenvalue weighted by atomic mass is 32.2. The Kier molecular flexibility index (Phi) is 3.26. The van der Waals surface area contributed by atoms with E-state index in [9.17, 15) is 0 Å². The fourth-order valence-electron chi connectivity index (χ4n) is 3.36. The van der Waals surface area contributed by atoms with Crippen LogP contribution in [0.5, 0.6) is 0 Å². The molecule has 2 aliphatic rings. The minimum Gasteiger partial charge on any atom is -0.379 e. The molecule has 22 heavy (non-hydrogen) atoms. The summed E-state index contributed by atoms with van der Waals surface area (Å²) in [4.78, 5) is 15.9. The van der Waals surface area contributed by atoms with Crippen molar-refractivity contribution < 1.29 is 0 Å². The molecule has 4 rings (SSSR count). The summed E-state index contributed by atoms with van der Waals surface area (Å²) in [5.41, 5.74) is 7.00. The van der Waals surface area contributed by atoms with Crippen LogP contribution in [-0.4, -0.2) is 34.0 Å². The van der Waals surface area contributed by atoms with E-state index in [0.717, 1.165) is 24.8 Å². The number of amidine groups is 1. The van der Waals surface area contributed by atoms with Crippen LogP contribution in [-0.2, 0) is 5.54 Å². The van der Waals surface area contributed by atoms with Gasteiger partial charge in [-0.1, -0.05) is 42.1 Å². The number of aromatic nitrogens is 2. The van der Waals surface area contributed by atoms with Gasteiger partial charge >= 0.3 is 0 Å². The van der Waals surface area contributed by atoms with Crippen molar-refractivity contribution in [3.05, 3.63) is 54.4 Å². The molecule has 1 fully saturated rings. The fourth-order valence-corrected chi connectivity index (χ4v) is 4.34. The van der Waals surface area contributed by atoms with Crippen molar-refractivity contribution in [1.29, 1.82) is 0 Å². The van der Waals surface area contributed by atoms with E-state index in [4.69, 9.17) is 10.7 Å². The van der Waals surface area contributed by atoms with Crippen LogP contribution >= 0.6 is 11.8 Å². The van der Waals surface area contributed by atoms with Crippen molar-refractivity contribution in [3.63, 3.8) is 0 Å². The lowest BCUT2D eigenvalue weighted by Gasteiger charge is -2.34. The number of thioether (sulfide) groups is 1. The van der Waals surface area contributed by atoms with E-state index in [1.807, 2.05) is 12.1 Å². The van der Waals surface area contributed by atoms with E-state index in [2.05, 4.69) is 39.1 Å². The van der Waals surface area contributed by atoms with E-state index in [0.29, 0.717) is 11.1 Å². The SMILES string of the molecule is NC1=N[C@@]2(c3ccccc3)CN(c3ncccn3)C[C@H]2CS1. The van der Waals surface area contributed by atoms with Crippen LogP contribution in [0.25, 0.3) is 0 Å². The number of nitrogens with zero attached hydrogens (tertiary/aromatic N) is 4. The average molecular weight is 311 g/mol. The molecular formula is C16H17N5S. The van der Waals surface area contributed by atoms with Crippen molar-refractivity contribution >= 4 is 22.9 Å². The van der Waals surface area contributed by atoms with Crippen molar-refractivity contribution in [3.8, 4) is 0 Å². The van der Waals surface area contributed by atoms with E-state index in [1.165, 1.54) is 5.56 Å². The number of nitrogens with two attached hydrogens (primary N) is 1. The minimum absolute atomic E-state index is 0.282. The zero-order chi connectivity index (χ0) is 15.0. The molecule has 2 N–H and O–H groups in total. The lowest BCUT2D eigenvalue weighted by Crippen LogP contribution is -2.40. The highest BCUT2D eigenvalue weighted by Gasteiger charge is 2.50. The van der Waals surface area contributed by atoms with Gasteiger partial charge in [-0.2, -0.15) is 0 Å². The lowest BCUT2D eigenvalue weighted by atomic mass is 9.82. The highest BCUT2D eigenvalue weighted by Crippen LogP contribution is 2.45. The molecule has 1 aromatic heterocycles. The summed E-state index contributed by atoms with van der Waals surface area (Å²) < 4.78 is 0. The Morgan fingerprint density at radius 2 is 1.91 bits per heavy atom. The molecule has 2 aromatic rings. The predicted molar refractivity (Wildman–Crippen MR) is 89.9 cm³/mol. The molecule has 5 nitrogen and oxygen atoms in total. The summed E-state index contributed by atoms with van der Waals surface area (Å²) in [5.74, 6) is 2.16. The van der Waals surface area contributed by atoms with E-state index in [-0.39, 0.29) is 5.54 Å². The molecule has 0 aliphatic carbocycles. The number of aliphatic imine (C=N–C) groups is 1. The van der Waals surface area contributed by atoms with E-state index < -0.39 is 0 Å². The molecule has 0 bridgehead atoms. The van der Waals surface area contributed by atoms with E-state index in [1.54, 1.807) is 24.2 Å². The van der Waals surface area contributed by atoms with Gasteiger partial charge in [0.05, 0.1) is 6.54 Å². The van der Waals surface area contributed by atoms with Crippen LogP contribution in [0.1, 0.15) is 5.56 Å². The van der Waals surface area contributed by atoms with E-state index >= 15 is 0 Å². The number of anilines is 1. The summed E-state index contributed by atoms with van der Waals surface area (Å²) in [6.45, 7) is 1.68. The van der Waals surface area contributed by atoms with Gasteiger partial charge in [-0.05, 0) is 11.6 Å². The third-order valence-corrected chi connectivity index (χ3v) is 5.35. The van der Waals surface area contributed by atoms with Gasteiger partial charge in [-0.3, -0.25) is 0 Å². The summed E-state index contributed by atoms with van der Waals surface area (Å²) in [6.07, 6.45) is 3.57. The van der Waals surface area contributed by atoms with Crippen molar-refractivity contribution in [1.82, 2.24) is 9.97 Å². The molecule has 3 heterocycles. The number of hydrogen-bond donors (Lipinski definition) is 1. The van der Waals surface area contributed by atoms with Gasteiger partial charge in [0.25, 0.3) is 0 Å². The number of fused-ring (bicyclic) bond motifs is 1. The predicted octanol–water partition coefficient (Wildman–Crippen LogP) is 1.87. The summed E-state index contributed by atoms with van der Waals surface area (Å²) in [7, 11) is 0. The second-order valence-corrected chi connectivity index (χ2v) is 6.72. The summed E-state index contributed by atoms with van der Waals surface area (Å²) in [6, 6.07) is 12.3. The molecule has 2 atom stereocenters. The van der Waals surface area contributed by atoms with Gasteiger partial charge in [0.15, 0.2) is 5.17 Å². The van der Waals surface area contributed by atoms with Crippen LogP contribution in [0.3, 0.4) is 0 Å². The maximum atomic E-state index is 6.06. The van der Waals surface area contributed by atoms with Crippen molar-refractivity contribution in [2.75, 3.05) is 23.7 Å². The molecular weight excluding hydrogens is 294 g/mol. The van der Waals surface area contributed by atoms with Gasteiger partial charge in [-0.25, -0.2) is 15.0 Å². The zero-order valence-electron chi connectivity index (χ0n) is 12.1. The molecule has 2 aliphatic heterocycles. The Morgan fingerprint density at radius 3 is 2.68 bits per heavy atom. The molecule has 112 valence electrons. The van der Waals surface area contributed by atoms with Gasteiger partial charge in [0.2, 0.25) is 5.95 Å². The third-order valence-electron chi connectivity index (χ3n) is 4.40. The minimum atomic E-state index is -0.282. The first-order valence-electron chi connectivity index (χ1n) is 7.33. The van der Waals surface area contributed by atoms with Gasteiger partial charge in [0.1, 0.15) is 5.54 Å². The monoisotopic (exact) mass is 311 g/mol. The Bertz CT molecular complexity index is 690. The molecule has 0 spiro atoms. The largest absolute Gasteiger partial charge is 0.379 e.